The fourth-order valence-corrected chi connectivity index (χ4v) is 5.25. The highest BCUT2D eigenvalue weighted by Crippen LogP contribution is 2.32. The third-order valence-electron chi connectivity index (χ3n) is 4.26. The summed E-state index contributed by atoms with van der Waals surface area (Å²) in [5.74, 6) is 0. The molecule has 0 spiro atoms. The summed E-state index contributed by atoms with van der Waals surface area (Å²) in [6.07, 6.45) is -4.72. The van der Waals surface area contributed by atoms with Crippen LogP contribution < -0.4 is 9.44 Å². The summed E-state index contributed by atoms with van der Waals surface area (Å²) in [6.45, 7) is 1.65. The van der Waals surface area contributed by atoms with Crippen molar-refractivity contribution in [1.82, 2.24) is 0 Å². The number of benzene rings is 3. The summed E-state index contributed by atoms with van der Waals surface area (Å²) in [4.78, 5) is -0.648. The highest BCUT2D eigenvalue weighted by molar-refractivity contribution is 14.1. The Kier molecular flexibility index (Phi) is 6.77. The zero-order valence-electron chi connectivity index (χ0n) is 16.3. The molecule has 12 heteroatoms. The molecule has 0 amide bonds. The van der Waals surface area contributed by atoms with Crippen molar-refractivity contribution in [2.45, 2.75) is 22.9 Å². The molecule has 0 atom stereocenters. The first-order valence-electron chi connectivity index (χ1n) is 8.87. The standard InChI is InChI=1S/C20H16F3IN2O4S2/c1-13-5-10-18(25-31(27,28)16-8-6-15(24)7-9-16)19(11-13)26-32(29,30)17-4-2-3-14(12-17)20(21,22)23/h2-12,25-26H,1H3. The van der Waals surface area contributed by atoms with Crippen molar-refractivity contribution in [1.29, 1.82) is 0 Å². The Morgan fingerprint density at radius 2 is 1.34 bits per heavy atom. The maximum atomic E-state index is 13.0. The second-order valence-corrected chi connectivity index (χ2v) is 11.3. The lowest BCUT2D eigenvalue weighted by atomic mass is 10.2. The van der Waals surface area contributed by atoms with Gasteiger partial charge in [0.2, 0.25) is 0 Å². The van der Waals surface area contributed by atoms with Crippen LogP contribution in [0.3, 0.4) is 0 Å². The van der Waals surface area contributed by atoms with Crippen molar-refractivity contribution in [2.75, 3.05) is 9.44 Å². The van der Waals surface area contributed by atoms with Gasteiger partial charge in [0.05, 0.1) is 26.7 Å². The zero-order valence-corrected chi connectivity index (χ0v) is 20.1. The Morgan fingerprint density at radius 1 is 0.750 bits per heavy atom. The lowest BCUT2D eigenvalue weighted by Crippen LogP contribution is -2.18. The molecule has 0 heterocycles. The predicted octanol–water partition coefficient (Wildman–Crippen LogP) is 5.22. The van der Waals surface area contributed by atoms with Gasteiger partial charge in [-0.2, -0.15) is 13.2 Å². The molecule has 0 aliphatic rings. The quantitative estimate of drug-likeness (QED) is 0.382. The van der Waals surface area contributed by atoms with Crippen LogP contribution in [0.5, 0.6) is 0 Å². The number of hydrogen-bond acceptors (Lipinski definition) is 4. The van der Waals surface area contributed by atoms with E-state index in [0.29, 0.717) is 11.6 Å². The number of anilines is 2. The number of rotatable bonds is 6. The van der Waals surface area contributed by atoms with Gasteiger partial charge in [0.15, 0.2) is 0 Å². The Bertz CT molecular complexity index is 1360. The van der Waals surface area contributed by atoms with E-state index in [4.69, 9.17) is 0 Å². The fraction of sp³-hybridized carbons (Fsp3) is 0.100. The van der Waals surface area contributed by atoms with Gasteiger partial charge in [0, 0.05) is 3.57 Å². The van der Waals surface area contributed by atoms with E-state index in [9.17, 15) is 30.0 Å². The second kappa shape index (κ2) is 8.90. The molecular formula is C20H16F3IN2O4S2. The molecule has 0 fully saturated rings. The first kappa shape index (κ1) is 24.3. The Hall–Kier alpha value is -2.32. The highest BCUT2D eigenvalue weighted by atomic mass is 127. The maximum Gasteiger partial charge on any atom is 0.416 e. The van der Waals surface area contributed by atoms with Crippen LogP contribution in [0.15, 0.2) is 76.5 Å². The Morgan fingerprint density at radius 3 is 1.97 bits per heavy atom. The molecule has 32 heavy (non-hydrogen) atoms. The normalized spacial score (nSPS) is 12.4. The molecule has 0 bridgehead atoms. The Balaban J connectivity index is 1.97. The van der Waals surface area contributed by atoms with Gasteiger partial charge in [0.1, 0.15) is 0 Å². The van der Waals surface area contributed by atoms with Gasteiger partial charge in [-0.25, -0.2) is 16.8 Å². The van der Waals surface area contributed by atoms with Crippen molar-refractivity contribution in [3.8, 4) is 0 Å². The molecule has 6 nitrogen and oxygen atoms in total. The van der Waals surface area contributed by atoms with Gasteiger partial charge in [0.25, 0.3) is 20.0 Å². The SMILES string of the molecule is Cc1ccc(NS(=O)(=O)c2ccc(I)cc2)c(NS(=O)(=O)c2cccc(C(F)(F)F)c2)c1. The van der Waals surface area contributed by atoms with Crippen molar-refractivity contribution >= 4 is 54.0 Å². The van der Waals surface area contributed by atoms with Crippen LogP contribution in [0.4, 0.5) is 24.5 Å². The average molecular weight is 596 g/mol. The average Bonchev–Trinajstić information content (AvgIpc) is 2.69. The summed E-state index contributed by atoms with van der Waals surface area (Å²) >= 11 is 2.02. The second-order valence-electron chi connectivity index (χ2n) is 6.74. The van der Waals surface area contributed by atoms with Crippen LogP contribution in [0.25, 0.3) is 0 Å². The fourth-order valence-electron chi connectivity index (χ4n) is 2.69. The van der Waals surface area contributed by atoms with E-state index in [1.165, 1.54) is 24.3 Å². The van der Waals surface area contributed by atoms with E-state index >= 15 is 0 Å². The van der Waals surface area contributed by atoms with E-state index < -0.39 is 36.7 Å². The number of hydrogen-bond donors (Lipinski definition) is 2. The summed E-state index contributed by atoms with van der Waals surface area (Å²) in [7, 11) is -8.50. The van der Waals surface area contributed by atoms with Crippen LogP contribution in [0.2, 0.25) is 0 Å². The van der Waals surface area contributed by atoms with Gasteiger partial charge >= 0.3 is 6.18 Å². The van der Waals surface area contributed by atoms with Crippen LogP contribution in [-0.2, 0) is 26.2 Å². The molecule has 3 aromatic rings. The van der Waals surface area contributed by atoms with E-state index in [2.05, 4.69) is 9.44 Å². The zero-order chi connectivity index (χ0) is 23.7. The van der Waals surface area contributed by atoms with E-state index in [0.717, 1.165) is 21.8 Å². The van der Waals surface area contributed by atoms with Crippen LogP contribution in [0, 0.1) is 10.5 Å². The molecule has 0 radical (unpaired) electrons. The van der Waals surface area contributed by atoms with Gasteiger partial charge in [-0.15, -0.1) is 0 Å². The molecule has 0 unspecified atom stereocenters. The van der Waals surface area contributed by atoms with Crippen molar-refractivity contribution in [2.24, 2.45) is 0 Å². The highest BCUT2D eigenvalue weighted by Gasteiger charge is 2.32. The largest absolute Gasteiger partial charge is 0.416 e. The third kappa shape index (κ3) is 5.72. The number of aryl methyl sites for hydroxylation is 1. The summed E-state index contributed by atoms with van der Waals surface area (Å²) in [5, 5.41) is 0. The van der Waals surface area contributed by atoms with Crippen LogP contribution >= 0.6 is 22.6 Å². The van der Waals surface area contributed by atoms with Gasteiger partial charge in [-0.1, -0.05) is 12.1 Å². The molecule has 0 aromatic heterocycles. The van der Waals surface area contributed by atoms with Crippen LogP contribution in [0.1, 0.15) is 11.1 Å². The number of nitrogens with one attached hydrogen (secondary N) is 2. The molecule has 0 aliphatic carbocycles. The van der Waals surface area contributed by atoms with Crippen molar-refractivity contribution < 1.29 is 30.0 Å². The number of halogens is 4. The monoisotopic (exact) mass is 596 g/mol. The molecule has 0 saturated carbocycles. The summed E-state index contributed by atoms with van der Waals surface area (Å²) < 4.78 is 95.2. The first-order chi connectivity index (χ1) is 14.8. The summed E-state index contributed by atoms with van der Waals surface area (Å²) in [5.41, 5.74) is -0.727. The van der Waals surface area contributed by atoms with E-state index in [1.54, 1.807) is 25.1 Å². The van der Waals surface area contributed by atoms with Gasteiger partial charge in [-0.05, 0) is 89.7 Å². The molecule has 0 aliphatic heterocycles. The van der Waals surface area contributed by atoms with Crippen molar-refractivity contribution in [3.63, 3.8) is 0 Å². The molecule has 2 N–H and O–H groups in total. The summed E-state index contributed by atoms with van der Waals surface area (Å²) in [6, 6.07) is 13.5. The lowest BCUT2D eigenvalue weighted by molar-refractivity contribution is -0.137. The predicted molar refractivity (Wildman–Crippen MR) is 123 cm³/mol. The molecule has 3 rings (SSSR count). The number of alkyl halides is 3. The van der Waals surface area contributed by atoms with Crippen molar-refractivity contribution in [3.05, 3.63) is 81.4 Å². The minimum Gasteiger partial charge on any atom is -0.277 e. The molecule has 0 saturated heterocycles. The van der Waals surface area contributed by atoms with Gasteiger partial charge < -0.3 is 0 Å². The minimum atomic E-state index is -4.72. The topological polar surface area (TPSA) is 92.3 Å². The Labute approximate surface area is 197 Å². The van der Waals surface area contributed by atoms with Crippen LogP contribution in [-0.4, -0.2) is 16.8 Å². The minimum absolute atomic E-state index is 0.0369. The molecule has 3 aromatic carbocycles. The van der Waals surface area contributed by atoms with Gasteiger partial charge in [-0.3, -0.25) is 9.44 Å². The first-order valence-corrected chi connectivity index (χ1v) is 12.9. The van der Waals surface area contributed by atoms with E-state index in [1.807, 2.05) is 22.6 Å². The third-order valence-corrected chi connectivity index (χ3v) is 7.72. The number of sulfonamides is 2. The maximum absolute atomic E-state index is 13.0. The lowest BCUT2D eigenvalue weighted by Gasteiger charge is -2.16. The van der Waals surface area contributed by atoms with E-state index in [-0.39, 0.29) is 16.3 Å². The molecular weight excluding hydrogens is 580 g/mol. The molecule has 170 valence electrons. The smallest absolute Gasteiger partial charge is 0.277 e.